The number of hydrogen-bond acceptors (Lipinski definition) is 3. The largest absolute Gasteiger partial charge is 0.505 e. The molecule has 3 aromatic rings. The highest BCUT2D eigenvalue weighted by Crippen LogP contribution is 2.37. The third kappa shape index (κ3) is 1.48. The molecule has 1 aromatic heterocycles. The van der Waals surface area contributed by atoms with Crippen LogP contribution in [0, 0.1) is 0 Å². The van der Waals surface area contributed by atoms with E-state index in [9.17, 15) is 14.4 Å². The number of fused-ring (bicyclic) bond motifs is 2. The van der Waals surface area contributed by atoms with Gasteiger partial charge in [-0.1, -0.05) is 28.7 Å². The maximum atomic E-state index is 14.5. The van der Waals surface area contributed by atoms with Gasteiger partial charge < -0.3 is 5.11 Å². The second-order valence-electron chi connectivity index (χ2n) is 4.80. The van der Waals surface area contributed by atoms with E-state index in [1.807, 2.05) is 0 Å². The van der Waals surface area contributed by atoms with Crippen LogP contribution in [0.15, 0.2) is 53.5 Å². The number of ketones is 1. The summed E-state index contributed by atoms with van der Waals surface area (Å²) >= 11 is 0. The zero-order valence-corrected chi connectivity index (χ0v) is 10.7. The van der Waals surface area contributed by atoms with E-state index in [4.69, 9.17) is 0 Å². The average molecular weight is 280 g/mol. The van der Waals surface area contributed by atoms with Crippen LogP contribution < -0.4 is 0 Å². The normalized spacial score (nSPS) is 13.6. The number of Topliss-reactive ketones (excluding diaryl/α,β-unsaturated/α-hetero) is 1. The van der Waals surface area contributed by atoms with Crippen LogP contribution in [0.1, 0.15) is 16.1 Å². The first-order valence-corrected chi connectivity index (χ1v) is 6.40. The smallest absolute Gasteiger partial charge is 0.215 e. The molecular formula is C16H9FN2O2. The summed E-state index contributed by atoms with van der Waals surface area (Å²) in [5.41, 5.74) is 0.834. The van der Waals surface area contributed by atoms with Crippen LogP contribution in [0.2, 0.25) is 0 Å². The molecule has 0 bridgehead atoms. The molecule has 2 aromatic carbocycles. The number of aromatic hydroxyl groups is 1. The summed E-state index contributed by atoms with van der Waals surface area (Å²) < 4.78 is 14.5. The lowest BCUT2D eigenvalue weighted by molar-refractivity contribution is 0.106. The van der Waals surface area contributed by atoms with Crippen molar-refractivity contribution >= 4 is 28.1 Å². The summed E-state index contributed by atoms with van der Waals surface area (Å²) in [6.07, 6.45) is 0. The minimum atomic E-state index is -0.386. The van der Waals surface area contributed by atoms with Crippen molar-refractivity contribution in [2.45, 2.75) is 0 Å². The molecule has 0 unspecified atom stereocenters. The summed E-state index contributed by atoms with van der Waals surface area (Å²) in [5, 5.41) is 10.6. The minimum Gasteiger partial charge on any atom is -0.505 e. The van der Waals surface area contributed by atoms with Crippen molar-refractivity contribution in [1.29, 1.82) is 0 Å². The van der Waals surface area contributed by atoms with Crippen LogP contribution in [-0.2, 0) is 0 Å². The lowest BCUT2D eigenvalue weighted by Gasteiger charge is -1.99. The van der Waals surface area contributed by atoms with Crippen molar-refractivity contribution in [3.8, 4) is 5.75 Å². The van der Waals surface area contributed by atoms with Crippen molar-refractivity contribution in [3.63, 3.8) is 0 Å². The number of carbonyl (C=O) groups is 1. The number of aliphatic imine (C=N–C) groups is 1. The van der Waals surface area contributed by atoms with E-state index in [2.05, 4.69) is 4.99 Å². The lowest BCUT2D eigenvalue weighted by Crippen LogP contribution is -2.13. The molecule has 4 nitrogen and oxygen atoms in total. The highest BCUT2D eigenvalue weighted by Gasteiger charge is 2.31. The third-order valence-corrected chi connectivity index (χ3v) is 3.61. The molecule has 0 atom stereocenters. The number of carbonyl (C=O) groups excluding carboxylic acids is 1. The van der Waals surface area contributed by atoms with Crippen molar-refractivity contribution in [2.75, 3.05) is 0 Å². The molecule has 1 aliphatic rings. The number of hydrogen-bond donors (Lipinski definition) is 1. The molecule has 0 radical (unpaired) electrons. The first-order valence-electron chi connectivity index (χ1n) is 6.40. The number of halogens is 1. The molecule has 21 heavy (non-hydrogen) atoms. The topological polar surface area (TPSA) is 54.6 Å². The summed E-state index contributed by atoms with van der Waals surface area (Å²) in [6, 6.07) is 13.3. The van der Waals surface area contributed by atoms with Crippen LogP contribution in [0.3, 0.4) is 0 Å². The van der Waals surface area contributed by atoms with Gasteiger partial charge in [-0.25, -0.2) is 4.99 Å². The van der Waals surface area contributed by atoms with Gasteiger partial charge in [0.2, 0.25) is 5.78 Å². The van der Waals surface area contributed by atoms with E-state index < -0.39 is 0 Å². The summed E-state index contributed by atoms with van der Waals surface area (Å²) in [5.74, 6) is -0.657. The van der Waals surface area contributed by atoms with E-state index in [0.717, 1.165) is 0 Å². The molecule has 4 rings (SSSR count). The molecule has 2 heterocycles. The zero-order chi connectivity index (χ0) is 14.6. The van der Waals surface area contributed by atoms with Crippen molar-refractivity contribution in [3.05, 3.63) is 59.8 Å². The van der Waals surface area contributed by atoms with E-state index >= 15 is 0 Å². The number of rotatable bonds is 1. The summed E-state index contributed by atoms with van der Waals surface area (Å²) in [7, 11) is 0. The quantitative estimate of drug-likeness (QED) is 0.742. The Morgan fingerprint density at radius 2 is 1.76 bits per heavy atom. The Kier molecular flexibility index (Phi) is 2.27. The molecule has 0 saturated heterocycles. The minimum absolute atomic E-state index is 0.0765. The number of para-hydroxylation sites is 2. The maximum absolute atomic E-state index is 14.5. The molecule has 0 saturated carbocycles. The summed E-state index contributed by atoms with van der Waals surface area (Å²) in [6.45, 7) is 0. The van der Waals surface area contributed by atoms with Crippen molar-refractivity contribution < 1.29 is 14.4 Å². The SMILES string of the molecule is O=C1C(c2c(O)c3ccccc3n2F)=Nc2ccccc21. The van der Waals surface area contributed by atoms with E-state index in [1.54, 1.807) is 42.5 Å². The van der Waals surface area contributed by atoms with Crippen LogP contribution in [0.4, 0.5) is 10.2 Å². The molecule has 5 heteroatoms. The molecule has 0 amide bonds. The molecule has 1 aliphatic heterocycles. The summed E-state index contributed by atoms with van der Waals surface area (Å²) in [4.78, 5) is 16.8. The first-order chi connectivity index (χ1) is 10.2. The van der Waals surface area contributed by atoms with Gasteiger partial charge >= 0.3 is 0 Å². The lowest BCUT2D eigenvalue weighted by atomic mass is 10.1. The van der Waals surface area contributed by atoms with Crippen LogP contribution in [0.25, 0.3) is 10.9 Å². The maximum Gasteiger partial charge on any atom is 0.215 e. The van der Waals surface area contributed by atoms with E-state index in [0.29, 0.717) is 21.4 Å². The van der Waals surface area contributed by atoms with Gasteiger partial charge in [0.15, 0.2) is 5.75 Å². The molecule has 0 spiro atoms. The predicted octanol–water partition coefficient (Wildman–Crippen LogP) is 3.40. The average Bonchev–Trinajstić information content (AvgIpc) is 2.96. The molecule has 1 N–H and O–H groups in total. The second kappa shape index (κ2) is 4.02. The third-order valence-electron chi connectivity index (χ3n) is 3.61. The second-order valence-corrected chi connectivity index (χ2v) is 4.80. The van der Waals surface area contributed by atoms with E-state index in [-0.39, 0.29) is 28.5 Å². The highest BCUT2D eigenvalue weighted by atomic mass is 19.2. The monoisotopic (exact) mass is 280 g/mol. The Labute approximate surface area is 118 Å². The Balaban J connectivity index is 2.00. The molecular weight excluding hydrogens is 271 g/mol. The standard InChI is InChI=1S/C16H9FN2O2/c17-19-12-8-4-2-6-10(12)16(21)14(19)13-15(20)9-5-1-3-7-11(9)18-13/h1-8,21H. The van der Waals surface area contributed by atoms with Crippen LogP contribution in [-0.4, -0.2) is 21.4 Å². The van der Waals surface area contributed by atoms with Gasteiger partial charge in [0, 0.05) is 10.9 Å². The van der Waals surface area contributed by atoms with Crippen molar-refractivity contribution in [1.82, 2.24) is 4.79 Å². The van der Waals surface area contributed by atoms with Crippen LogP contribution in [0.5, 0.6) is 5.75 Å². The Morgan fingerprint density at radius 3 is 2.52 bits per heavy atom. The number of benzene rings is 2. The fraction of sp³-hybridized carbons (Fsp3) is 0. The van der Waals surface area contributed by atoms with Crippen LogP contribution >= 0.6 is 0 Å². The van der Waals surface area contributed by atoms with Crippen molar-refractivity contribution in [2.24, 2.45) is 4.99 Å². The number of aromatic nitrogens is 1. The molecule has 0 aliphatic carbocycles. The van der Waals surface area contributed by atoms with Gasteiger partial charge in [-0.2, -0.15) is 4.79 Å². The number of nitrogens with zero attached hydrogens (tertiary/aromatic N) is 2. The van der Waals surface area contributed by atoms with Gasteiger partial charge in [-0.05, 0) is 24.3 Å². The van der Waals surface area contributed by atoms with Gasteiger partial charge in [0.05, 0.1) is 11.2 Å². The van der Waals surface area contributed by atoms with Gasteiger partial charge in [0.25, 0.3) is 0 Å². The van der Waals surface area contributed by atoms with Gasteiger partial charge in [-0.15, -0.1) is 0 Å². The highest BCUT2D eigenvalue weighted by molar-refractivity contribution is 6.55. The van der Waals surface area contributed by atoms with E-state index in [1.165, 1.54) is 6.07 Å². The zero-order valence-electron chi connectivity index (χ0n) is 10.7. The Bertz CT molecular complexity index is 902. The first kappa shape index (κ1) is 11.8. The predicted molar refractivity (Wildman–Crippen MR) is 77.1 cm³/mol. The fourth-order valence-electron chi connectivity index (χ4n) is 2.61. The molecule has 0 fully saturated rings. The Morgan fingerprint density at radius 1 is 1.05 bits per heavy atom. The molecule has 102 valence electrons. The van der Waals surface area contributed by atoms with Gasteiger partial charge in [-0.3, -0.25) is 4.79 Å². The Hall–Kier alpha value is -2.95. The van der Waals surface area contributed by atoms with Gasteiger partial charge in [0.1, 0.15) is 11.4 Å². The fourth-order valence-corrected chi connectivity index (χ4v) is 2.61.